The number of piperidine rings is 1. The molecule has 2 aliphatic rings. The fraction of sp³-hybridized carbons (Fsp3) is 0.867. The first kappa shape index (κ1) is 15.3. The van der Waals surface area contributed by atoms with Gasteiger partial charge in [0.2, 0.25) is 5.91 Å². The van der Waals surface area contributed by atoms with Crippen molar-refractivity contribution >= 4 is 11.9 Å². The van der Waals surface area contributed by atoms with E-state index in [1.54, 1.807) is 0 Å². The Labute approximate surface area is 120 Å². The molecular weight excluding hydrogens is 256 g/mol. The number of carboxylic acid groups (broad SMARTS) is 1. The third-order valence-electron chi connectivity index (χ3n) is 4.90. The molecular formula is C15H26N2O3. The van der Waals surface area contributed by atoms with Crippen LogP contribution in [0.4, 0.5) is 0 Å². The Kier molecular flexibility index (Phi) is 5.02. The maximum Gasteiger partial charge on any atom is 0.319 e. The van der Waals surface area contributed by atoms with Crippen molar-refractivity contribution < 1.29 is 14.7 Å². The molecule has 0 bridgehead atoms. The number of nitrogens with one attached hydrogen (secondary N) is 1. The molecule has 0 aromatic rings. The van der Waals surface area contributed by atoms with Crippen LogP contribution < -0.4 is 5.32 Å². The van der Waals surface area contributed by atoms with Gasteiger partial charge in [-0.15, -0.1) is 0 Å². The topological polar surface area (TPSA) is 69.6 Å². The summed E-state index contributed by atoms with van der Waals surface area (Å²) in [6.07, 6.45) is 6.54. The van der Waals surface area contributed by atoms with E-state index < -0.39 is 11.4 Å². The molecule has 114 valence electrons. The van der Waals surface area contributed by atoms with Crippen LogP contribution in [-0.2, 0) is 9.59 Å². The van der Waals surface area contributed by atoms with Gasteiger partial charge in [-0.25, -0.2) is 0 Å². The highest BCUT2D eigenvalue weighted by Gasteiger charge is 2.50. The standard InChI is InChI=1S/C15H26N2O3/c1-12-6-2-3-10-17(12)11-5-9-16-13(18)15(14(19)20)7-4-8-15/h12H,2-11H2,1H3,(H,16,18)(H,19,20). The molecule has 0 aromatic heterocycles. The Morgan fingerprint density at radius 1 is 1.30 bits per heavy atom. The lowest BCUT2D eigenvalue weighted by Gasteiger charge is -2.36. The minimum Gasteiger partial charge on any atom is -0.480 e. The quantitative estimate of drug-likeness (QED) is 0.574. The Morgan fingerprint density at radius 3 is 2.60 bits per heavy atom. The van der Waals surface area contributed by atoms with Gasteiger partial charge in [0.25, 0.3) is 0 Å². The summed E-state index contributed by atoms with van der Waals surface area (Å²) >= 11 is 0. The van der Waals surface area contributed by atoms with E-state index in [1.165, 1.54) is 19.3 Å². The van der Waals surface area contributed by atoms with Gasteiger partial charge in [-0.05, 0) is 45.6 Å². The van der Waals surface area contributed by atoms with Gasteiger partial charge in [-0.2, -0.15) is 0 Å². The van der Waals surface area contributed by atoms with Crippen LogP contribution in [0.1, 0.15) is 51.9 Å². The highest BCUT2D eigenvalue weighted by molar-refractivity contribution is 6.02. The molecule has 2 rings (SSSR count). The number of nitrogens with zero attached hydrogens (tertiary/aromatic N) is 1. The lowest BCUT2D eigenvalue weighted by atomic mass is 9.68. The smallest absolute Gasteiger partial charge is 0.319 e. The predicted molar refractivity (Wildman–Crippen MR) is 76.4 cm³/mol. The number of likely N-dealkylation sites (tertiary alicyclic amines) is 1. The number of carboxylic acids is 1. The number of amides is 1. The maximum absolute atomic E-state index is 12.0. The van der Waals surface area contributed by atoms with E-state index in [4.69, 9.17) is 0 Å². The van der Waals surface area contributed by atoms with Gasteiger partial charge in [0.05, 0.1) is 0 Å². The molecule has 5 heteroatoms. The van der Waals surface area contributed by atoms with E-state index in [0.717, 1.165) is 25.9 Å². The fourth-order valence-electron chi connectivity index (χ4n) is 3.21. The van der Waals surface area contributed by atoms with Crippen molar-refractivity contribution in [1.82, 2.24) is 10.2 Å². The summed E-state index contributed by atoms with van der Waals surface area (Å²) in [6.45, 7) is 4.97. The zero-order valence-electron chi connectivity index (χ0n) is 12.4. The van der Waals surface area contributed by atoms with Crippen LogP contribution in [0, 0.1) is 5.41 Å². The molecule has 2 fully saturated rings. The van der Waals surface area contributed by atoms with Gasteiger partial charge in [-0.3, -0.25) is 9.59 Å². The molecule has 2 N–H and O–H groups in total. The van der Waals surface area contributed by atoms with E-state index in [-0.39, 0.29) is 5.91 Å². The summed E-state index contributed by atoms with van der Waals surface area (Å²) in [5.74, 6) is -1.26. The minimum atomic E-state index is -1.13. The summed E-state index contributed by atoms with van der Waals surface area (Å²) in [7, 11) is 0. The van der Waals surface area contributed by atoms with Crippen LogP contribution in [0.5, 0.6) is 0 Å². The molecule has 5 nitrogen and oxygen atoms in total. The molecule has 1 aliphatic carbocycles. The van der Waals surface area contributed by atoms with Crippen LogP contribution in [0.3, 0.4) is 0 Å². The Balaban J connectivity index is 1.68. The van der Waals surface area contributed by atoms with Crippen molar-refractivity contribution in [3.05, 3.63) is 0 Å². The largest absolute Gasteiger partial charge is 0.480 e. The third kappa shape index (κ3) is 3.14. The Morgan fingerprint density at radius 2 is 2.05 bits per heavy atom. The average molecular weight is 282 g/mol. The second-order valence-corrected chi connectivity index (χ2v) is 6.23. The molecule has 20 heavy (non-hydrogen) atoms. The molecule has 0 aromatic carbocycles. The van der Waals surface area contributed by atoms with Gasteiger partial charge in [-0.1, -0.05) is 12.8 Å². The molecule has 1 saturated carbocycles. The Bertz CT molecular complexity index is 366. The lowest BCUT2D eigenvalue weighted by molar-refractivity contribution is -0.162. The molecule has 0 radical (unpaired) electrons. The van der Waals surface area contributed by atoms with Crippen molar-refractivity contribution in [1.29, 1.82) is 0 Å². The van der Waals surface area contributed by atoms with Crippen molar-refractivity contribution in [2.75, 3.05) is 19.6 Å². The van der Waals surface area contributed by atoms with Gasteiger partial charge in [0, 0.05) is 19.1 Å². The molecule has 1 aliphatic heterocycles. The minimum absolute atomic E-state index is 0.289. The van der Waals surface area contributed by atoms with Gasteiger partial charge >= 0.3 is 5.97 Å². The van der Waals surface area contributed by atoms with Crippen LogP contribution in [0.2, 0.25) is 0 Å². The third-order valence-corrected chi connectivity index (χ3v) is 4.90. The number of hydrogen-bond acceptors (Lipinski definition) is 3. The van der Waals surface area contributed by atoms with Crippen LogP contribution in [-0.4, -0.2) is 47.6 Å². The molecule has 1 unspecified atom stereocenters. The van der Waals surface area contributed by atoms with Gasteiger partial charge in [0.15, 0.2) is 0 Å². The van der Waals surface area contributed by atoms with E-state index >= 15 is 0 Å². The summed E-state index contributed by atoms with van der Waals surface area (Å²) in [4.78, 5) is 25.7. The Hall–Kier alpha value is -1.10. The van der Waals surface area contributed by atoms with E-state index in [2.05, 4.69) is 17.1 Å². The normalized spacial score (nSPS) is 25.8. The first-order chi connectivity index (χ1) is 9.56. The first-order valence-corrected chi connectivity index (χ1v) is 7.82. The summed E-state index contributed by atoms with van der Waals surface area (Å²) in [6, 6.07) is 0.636. The molecule has 1 atom stereocenters. The van der Waals surface area contributed by atoms with E-state index in [9.17, 15) is 14.7 Å². The van der Waals surface area contributed by atoms with Crippen molar-refractivity contribution in [3.8, 4) is 0 Å². The zero-order chi connectivity index (χ0) is 14.6. The van der Waals surface area contributed by atoms with Crippen LogP contribution >= 0.6 is 0 Å². The lowest BCUT2D eigenvalue weighted by Crippen LogP contribution is -2.51. The number of carbonyl (C=O) groups excluding carboxylic acids is 1. The summed E-state index contributed by atoms with van der Waals surface area (Å²) < 4.78 is 0. The second kappa shape index (κ2) is 6.57. The number of hydrogen-bond donors (Lipinski definition) is 2. The van der Waals surface area contributed by atoms with Crippen LogP contribution in [0.25, 0.3) is 0 Å². The van der Waals surface area contributed by atoms with Crippen molar-refractivity contribution in [2.24, 2.45) is 5.41 Å². The number of rotatable bonds is 6. The molecule has 0 spiro atoms. The number of carbonyl (C=O) groups is 2. The fourth-order valence-corrected chi connectivity index (χ4v) is 3.21. The highest BCUT2D eigenvalue weighted by atomic mass is 16.4. The summed E-state index contributed by atoms with van der Waals surface area (Å²) in [5, 5.41) is 12.0. The predicted octanol–water partition coefficient (Wildman–Crippen LogP) is 1.62. The van der Waals surface area contributed by atoms with Gasteiger partial charge in [0.1, 0.15) is 5.41 Å². The number of aliphatic carboxylic acids is 1. The highest BCUT2D eigenvalue weighted by Crippen LogP contribution is 2.41. The second-order valence-electron chi connectivity index (χ2n) is 6.23. The van der Waals surface area contributed by atoms with E-state index in [0.29, 0.717) is 25.4 Å². The first-order valence-electron chi connectivity index (χ1n) is 7.82. The zero-order valence-corrected chi connectivity index (χ0v) is 12.4. The average Bonchev–Trinajstić information content (AvgIpc) is 2.34. The van der Waals surface area contributed by atoms with Crippen LogP contribution in [0.15, 0.2) is 0 Å². The molecule has 1 heterocycles. The van der Waals surface area contributed by atoms with Gasteiger partial charge < -0.3 is 15.3 Å². The van der Waals surface area contributed by atoms with Crippen molar-refractivity contribution in [2.45, 2.75) is 57.9 Å². The van der Waals surface area contributed by atoms with E-state index in [1.807, 2.05) is 0 Å². The molecule has 1 saturated heterocycles. The van der Waals surface area contributed by atoms with Crippen molar-refractivity contribution in [3.63, 3.8) is 0 Å². The summed E-state index contributed by atoms with van der Waals surface area (Å²) in [5.41, 5.74) is -1.13. The monoisotopic (exact) mass is 282 g/mol. The molecule has 1 amide bonds. The maximum atomic E-state index is 12.0. The SMILES string of the molecule is CC1CCCCN1CCCNC(=O)C1(C(=O)O)CCC1.